The normalized spacial score (nSPS) is 13.1. The van der Waals surface area contributed by atoms with E-state index in [2.05, 4.69) is 11.4 Å². The van der Waals surface area contributed by atoms with Gasteiger partial charge in [0.2, 0.25) is 0 Å². The molecule has 0 aliphatic rings. The molecule has 0 spiro atoms. The van der Waals surface area contributed by atoms with Gasteiger partial charge in [-0.2, -0.15) is 5.26 Å². The number of nitriles is 1. The van der Waals surface area contributed by atoms with Gasteiger partial charge in [-0.3, -0.25) is 4.79 Å². The molecule has 0 aromatic heterocycles. The maximum absolute atomic E-state index is 12.0. The molecule has 0 heterocycles. The van der Waals surface area contributed by atoms with Crippen molar-refractivity contribution in [2.24, 2.45) is 5.92 Å². The number of benzene rings is 1. The lowest BCUT2D eigenvalue weighted by Crippen LogP contribution is -2.50. The first-order valence-corrected chi connectivity index (χ1v) is 7.16. The van der Waals surface area contributed by atoms with Crippen molar-refractivity contribution < 1.29 is 14.3 Å². The average Bonchev–Trinajstić information content (AvgIpc) is 2.46. The fourth-order valence-electron chi connectivity index (χ4n) is 1.79. The molecule has 22 heavy (non-hydrogen) atoms. The van der Waals surface area contributed by atoms with Crippen LogP contribution < -0.4 is 5.32 Å². The van der Waals surface area contributed by atoms with Crippen LogP contribution in [0.4, 0.5) is 0 Å². The lowest BCUT2D eigenvalue weighted by Gasteiger charge is -2.27. The molecule has 0 saturated heterocycles. The SMILES string of the molecule is Cc1ccc(C)c(C(=O)OCC(=O)N[C@](C)(C#N)C(C)C)c1. The highest BCUT2D eigenvalue weighted by Crippen LogP contribution is 2.15. The number of rotatable bonds is 5. The zero-order chi connectivity index (χ0) is 16.9. The molecule has 0 radical (unpaired) electrons. The quantitative estimate of drug-likeness (QED) is 0.848. The molecule has 0 aliphatic carbocycles. The second kappa shape index (κ2) is 7.08. The Labute approximate surface area is 131 Å². The molecule has 0 saturated carbocycles. The van der Waals surface area contributed by atoms with Gasteiger partial charge in [-0.05, 0) is 38.3 Å². The number of nitrogens with one attached hydrogen (secondary N) is 1. The van der Waals surface area contributed by atoms with E-state index >= 15 is 0 Å². The fraction of sp³-hybridized carbons (Fsp3) is 0.471. The van der Waals surface area contributed by atoms with Crippen molar-refractivity contribution in [2.75, 3.05) is 6.61 Å². The second-order valence-electron chi connectivity index (χ2n) is 5.91. The van der Waals surface area contributed by atoms with E-state index in [1.807, 2.05) is 39.8 Å². The topological polar surface area (TPSA) is 79.2 Å². The Morgan fingerprint density at radius 1 is 1.36 bits per heavy atom. The van der Waals surface area contributed by atoms with E-state index in [0.717, 1.165) is 11.1 Å². The van der Waals surface area contributed by atoms with Crippen LogP contribution in [0.1, 0.15) is 42.3 Å². The zero-order valence-corrected chi connectivity index (χ0v) is 13.7. The largest absolute Gasteiger partial charge is 0.452 e. The highest BCUT2D eigenvalue weighted by Gasteiger charge is 2.30. The van der Waals surface area contributed by atoms with Crippen LogP contribution in [0.3, 0.4) is 0 Å². The van der Waals surface area contributed by atoms with Gasteiger partial charge in [0.05, 0.1) is 11.6 Å². The molecule has 1 amide bonds. The minimum atomic E-state index is -0.983. The van der Waals surface area contributed by atoms with Gasteiger partial charge in [0, 0.05) is 0 Å². The Kier molecular flexibility index (Phi) is 5.69. The molecule has 1 aromatic carbocycles. The highest BCUT2D eigenvalue weighted by atomic mass is 16.5. The van der Waals surface area contributed by atoms with Gasteiger partial charge >= 0.3 is 5.97 Å². The number of nitrogens with zero attached hydrogens (tertiary/aromatic N) is 1. The first kappa shape index (κ1) is 17.7. The molecule has 118 valence electrons. The number of aryl methyl sites for hydroxylation is 2. The summed E-state index contributed by atoms with van der Waals surface area (Å²) < 4.78 is 5.04. The molecule has 0 bridgehead atoms. The predicted molar refractivity (Wildman–Crippen MR) is 83.2 cm³/mol. The number of ether oxygens (including phenoxy) is 1. The van der Waals surface area contributed by atoms with Crippen LogP contribution in [0.5, 0.6) is 0 Å². The minimum Gasteiger partial charge on any atom is -0.452 e. The highest BCUT2D eigenvalue weighted by molar-refractivity contribution is 5.93. The van der Waals surface area contributed by atoms with Gasteiger partial charge in [0.15, 0.2) is 6.61 Å². The van der Waals surface area contributed by atoms with Crippen LogP contribution in [0, 0.1) is 31.1 Å². The molecule has 5 heteroatoms. The van der Waals surface area contributed by atoms with Gasteiger partial charge in [-0.1, -0.05) is 31.5 Å². The lowest BCUT2D eigenvalue weighted by atomic mass is 9.90. The zero-order valence-electron chi connectivity index (χ0n) is 13.7. The summed E-state index contributed by atoms with van der Waals surface area (Å²) in [6.45, 7) is 8.60. The summed E-state index contributed by atoms with van der Waals surface area (Å²) in [5, 5.41) is 11.8. The van der Waals surface area contributed by atoms with Crippen molar-refractivity contribution in [1.29, 1.82) is 5.26 Å². The van der Waals surface area contributed by atoms with Crippen LogP contribution in [-0.4, -0.2) is 24.0 Å². The number of carbonyl (C=O) groups is 2. The van der Waals surface area contributed by atoms with E-state index in [9.17, 15) is 9.59 Å². The molecule has 0 fully saturated rings. The summed E-state index contributed by atoms with van der Waals surface area (Å²) in [6.07, 6.45) is 0. The Morgan fingerprint density at radius 3 is 2.55 bits per heavy atom. The lowest BCUT2D eigenvalue weighted by molar-refractivity contribution is -0.125. The van der Waals surface area contributed by atoms with Crippen molar-refractivity contribution in [2.45, 2.75) is 40.2 Å². The van der Waals surface area contributed by atoms with Gasteiger partial charge in [0.1, 0.15) is 5.54 Å². The van der Waals surface area contributed by atoms with E-state index in [1.54, 1.807) is 13.0 Å². The summed E-state index contributed by atoms with van der Waals surface area (Å²) >= 11 is 0. The number of hydrogen-bond acceptors (Lipinski definition) is 4. The molecule has 1 N–H and O–H groups in total. The second-order valence-corrected chi connectivity index (χ2v) is 5.91. The minimum absolute atomic E-state index is 0.0591. The molecule has 1 atom stereocenters. The summed E-state index contributed by atoms with van der Waals surface area (Å²) in [4.78, 5) is 23.9. The third kappa shape index (κ3) is 4.32. The predicted octanol–water partition coefficient (Wildman–Crippen LogP) is 2.51. The Bertz CT molecular complexity index is 617. The Hall–Kier alpha value is -2.35. The number of amides is 1. The van der Waals surface area contributed by atoms with Crippen molar-refractivity contribution in [3.8, 4) is 6.07 Å². The third-order valence-electron chi connectivity index (χ3n) is 3.73. The van der Waals surface area contributed by atoms with Crippen molar-refractivity contribution in [3.05, 3.63) is 34.9 Å². The maximum atomic E-state index is 12.0. The van der Waals surface area contributed by atoms with Crippen molar-refractivity contribution >= 4 is 11.9 Å². The monoisotopic (exact) mass is 302 g/mol. The first-order chi connectivity index (χ1) is 10.2. The molecule has 1 rings (SSSR count). The van der Waals surface area contributed by atoms with Gasteiger partial charge in [-0.25, -0.2) is 4.79 Å². The summed E-state index contributed by atoms with van der Waals surface area (Å²) in [5.41, 5.74) is 1.20. The van der Waals surface area contributed by atoms with E-state index in [-0.39, 0.29) is 5.92 Å². The van der Waals surface area contributed by atoms with E-state index < -0.39 is 24.0 Å². The molecule has 1 aromatic rings. The smallest absolute Gasteiger partial charge is 0.338 e. The van der Waals surface area contributed by atoms with Gasteiger partial charge < -0.3 is 10.1 Å². The Balaban J connectivity index is 2.67. The maximum Gasteiger partial charge on any atom is 0.338 e. The molecule has 5 nitrogen and oxygen atoms in total. The molecular weight excluding hydrogens is 280 g/mol. The molecular formula is C17H22N2O3. The number of hydrogen-bond donors (Lipinski definition) is 1. The van der Waals surface area contributed by atoms with Crippen LogP contribution >= 0.6 is 0 Å². The van der Waals surface area contributed by atoms with Crippen molar-refractivity contribution in [3.63, 3.8) is 0 Å². The van der Waals surface area contributed by atoms with E-state index in [4.69, 9.17) is 10.00 Å². The summed E-state index contributed by atoms with van der Waals surface area (Å²) in [5.74, 6) is -1.09. The van der Waals surface area contributed by atoms with Gasteiger partial charge in [-0.15, -0.1) is 0 Å². The Morgan fingerprint density at radius 2 is 2.00 bits per heavy atom. The van der Waals surface area contributed by atoms with Crippen molar-refractivity contribution in [1.82, 2.24) is 5.32 Å². The summed E-state index contributed by atoms with van der Waals surface area (Å²) in [6, 6.07) is 7.53. The third-order valence-corrected chi connectivity index (χ3v) is 3.73. The number of carbonyl (C=O) groups excluding carboxylic acids is 2. The summed E-state index contributed by atoms with van der Waals surface area (Å²) in [7, 11) is 0. The standard InChI is InChI=1S/C17H22N2O3/c1-11(2)17(5,10-18)19-15(20)9-22-16(21)14-8-12(3)6-7-13(14)4/h6-8,11H,9H2,1-5H3,(H,19,20)/t17-/m1/s1. The van der Waals surface area contributed by atoms with Crippen LogP contribution in [0.25, 0.3) is 0 Å². The average molecular weight is 302 g/mol. The fourth-order valence-corrected chi connectivity index (χ4v) is 1.79. The molecule has 0 aliphatic heterocycles. The van der Waals surface area contributed by atoms with Crippen LogP contribution in [0.2, 0.25) is 0 Å². The number of esters is 1. The van der Waals surface area contributed by atoms with Crippen LogP contribution in [0.15, 0.2) is 18.2 Å². The van der Waals surface area contributed by atoms with Crippen LogP contribution in [-0.2, 0) is 9.53 Å². The van der Waals surface area contributed by atoms with E-state index in [1.165, 1.54) is 0 Å². The first-order valence-electron chi connectivity index (χ1n) is 7.16. The molecule has 0 unspecified atom stereocenters. The van der Waals surface area contributed by atoms with Gasteiger partial charge in [0.25, 0.3) is 5.91 Å². The van der Waals surface area contributed by atoms with E-state index in [0.29, 0.717) is 5.56 Å².